The molecule has 270 valence electrons. The molecule has 0 aliphatic carbocycles. The number of hydrogen-bond donors (Lipinski definition) is 0. The molecule has 0 amide bonds. The zero-order chi connectivity index (χ0) is 34.3. The maximum atomic E-state index is 11.3. The van der Waals surface area contributed by atoms with Gasteiger partial charge < -0.3 is 59.4 Å². The Bertz CT molecular complexity index is 664. The Morgan fingerprint density at radius 2 is 0.756 bits per heavy atom. The van der Waals surface area contributed by atoms with Crippen molar-refractivity contribution in [2.45, 2.75) is 74.9 Å². The van der Waals surface area contributed by atoms with E-state index in [9.17, 15) is 9.59 Å². The van der Waals surface area contributed by atoms with E-state index in [0.717, 1.165) is 0 Å². The van der Waals surface area contributed by atoms with Gasteiger partial charge in [-0.3, -0.25) is 13.8 Å². The van der Waals surface area contributed by atoms with Crippen LogP contribution in [0.5, 0.6) is 0 Å². The maximum Gasteiger partial charge on any atom is 0.510 e. The second-order valence-corrected chi connectivity index (χ2v) is 11.9. The van der Waals surface area contributed by atoms with Crippen LogP contribution >= 0.6 is 34.4 Å². The van der Waals surface area contributed by atoms with Crippen molar-refractivity contribution in [2.24, 2.45) is 0 Å². The van der Waals surface area contributed by atoms with E-state index in [4.69, 9.17) is 63.8 Å². The van der Waals surface area contributed by atoms with Crippen LogP contribution < -0.4 is 0 Å². The maximum absolute atomic E-state index is 11.3. The quantitative estimate of drug-likeness (QED) is 0.0446. The molecule has 0 N–H and O–H groups in total. The van der Waals surface area contributed by atoms with Crippen LogP contribution in [0.15, 0.2) is 0 Å². The predicted molar refractivity (Wildman–Crippen MR) is 168 cm³/mol. The van der Waals surface area contributed by atoms with E-state index >= 15 is 0 Å². The summed E-state index contributed by atoms with van der Waals surface area (Å²) >= 11 is 0. The van der Waals surface area contributed by atoms with Gasteiger partial charge in [0.1, 0.15) is 13.2 Å². The van der Waals surface area contributed by atoms with Crippen LogP contribution in [-0.4, -0.2) is 97.9 Å². The van der Waals surface area contributed by atoms with Crippen LogP contribution in [0.25, 0.3) is 0 Å². The van der Waals surface area contributed by atoms with Gasteiger partial charge in [-0.05, 0) is 55.4 Å². The Labute approximate surface area is 272 Å². The molecule has 0 saturated carbocycles. The second kappa shape index (κ2) is 33.9. The minimum atomic E-state index is -1.67. The number of carbonyl (C=O) groups is 2. The average molecular weight is 737 g/mol. The fourth-order valence-electron chi connectivity index (χ4n) is 2.21. The number of rotatable bonds is 28. The van der Waals surface area contributed by atoms with Gasteiger partial charge in [0.05, 0.1) is 60.0 Å². The van der Waals surface area contributed by atoms with Crippen LogP contribution in [0, 0.1) is 0 Å². The van der Waals surface area contributed by atoms with Gasteiger partial charge in [0.15, 0.2) is 0 Å². The Hall–Kier alpha value is -0.0200. The Kier molecular flexibility index (Phi) is 35.4. The van der Waals surface area contributed by atoms with Crippen LogP contribution in [0.1, 0.15) is 62.3 Å². The lowest BCUT2D eigenvalue weighted by atomic mass is 10.7. The van der Waals surface area contributed by atoms with Gasteiger partial charge in [0.25, 0.3) is 0 Å². The highest BCUT2D eigenvalue weighted by Crippen LogP contribution is 2.44. The summed E-state index contributed by atoms with van der Waals surface area (Å²) in [7, 11) is -5.14. The SMILES string of the molecule is CCOP(OCC)OCC(OC(=O)OC)OP(OCC)OCC.CCOP(OCC)OCC(OC(C)=O)OP(OCC)OCC. The molecule has 0 spiro atoms. The number of methoxy groups -OCH3 is 1. The first-order valence-electron chi connectivity index (χ1n) is 14.4. The largest absolute Gasteiger partial charge is 0.510 e. The highest BCUT2D eigenvalue weighted by atomic mass is 31.2. The van der Waals surface area contributed by atoms with Crippen LogP contribution in [0.2, 0.25) is 0 Å². The highest BCUT2D eigenvalue weighted by molar-refractivity contribution is 7.42. The molecule has 0 radical (unpaired) electrons. The van der Waals surface area contributed by atoms with Gasteiger partial charge >= 0.3 is 46.5 Å². The molecule has 0 saturated heterocycles. The molecule has 0 aromatic rings. The molecule has 17 nitrogen and oxygen atoms in total. The van der Waals surface area contributed by atoms with Crippen molar-refractivity contribution in [3.8, 4) is 0 Å². The van der Waals surface area contributed by atoms with E-state index in [1.54, 1.807) is 13.8 Å². The normalized spacial score (nSPS) is 12.8. The zero-order valence-electron chi connectivity index (χ0n) is 28.0. The molecular formula is C24H52O17P4. The minimum Gasteiger partial charge on any atom is -0.438 e. The minimum absolute atomic E-state index is 0.0374. The van der Waals surface area contributed by atoms with Crippen molar-refractivity contribution in [3.63, 3.8) is 0 Å². The third kappa shape index (κ3) is 28.7. The predicted octanol–water partition coefficient (Wildman–Crippen LogP) is 7.24. The van der Waals surface area contributed by atoms with Crippen molar-refractivity contribution in [3.05, 3.63) is 0 Å². The summed E-state index contributed by atoms with van der Waals surface area (Å²) in [5.41, 5.74) is 0. The summed E-state index contributed by atoms with van der Waals surface area (Å²) in [5.74, 6) is -0.492. The zero-order valence-corrected chi connectivity index (χ0v) is 31.5. The molecule has 0 aliphatic rings. The topological polar surface area (TPSA) is 173 Å². The highest BCUT2D eigenvalue weighted by Gasteiger charge is 2.26. The molecular weight excluding hydrogens is 684 g/mol. The third-order valence-corrected chi connectivity index (χ3v) is 8.89. The van der Waals surface area contributed by atoms with Crippen molar-refractivity contribution in [1.29, 1.82) is 0 Å². The van der Waals surface area contributed by atoms with E-state index in [0.29, 0.717) is 52.9 Å². The van der Waals surface area contributed by atoms with Crippen LogP contribution in [-0.2, 0) is 73.3 Å². The molecule has 0 aromatic heterocycles. The molecule has 0 bridgehead atoms. The fourth-order valence-corrected chi connectivity index (χ4v) is 5.82. The summed E-state index contributed by atoms with van der Waals surface area (Å²) in [6.07, 6.45) is -2.93. The summed E-state index contributed by atoms with van der Waals surface area (Å²) in [5, 5.41) is 0. The monoisotopic (exact) mass is 736 g/mol. The second-order valence-electron chi connectivity index (χ2n) is 7.08. The summed E-state index contributed by atoms with van der Waals surface area (Å²) in [6, 6.07) is 0. The average Bonchev–Trinajstić information content (AvgIpc) is 2.99. The van der Waals surface area contributed by atoms with Crippen molar-refractivity contribution >= 4 is 46.5 Å². The first-order valence-corrected chi connectivity index (χ1v) is 18.8. The number of ether oxygens (including phenoxy) is 3. The van der Waals surface area contributed by atoms with Crippen molar-refractivity contribution in [2.75, 3.05) is 73.2 Å². The van der Waals surface area contributed by atoms with Crippen molar-refractivity contribution < 1.29 is 78.1 Å². The standard InChI is InChI=1S/C12H26O9P2.C12H26O8P2/c1-6-15-22(16-7-2)19-10-11(20-12(13)14-5)21-23(17-8-3)18-9-4;1-6-14-21(15-7-2)18-10-12(19-11(5)13)20-22(16-8-3)17-9-4/h11H,6-10H2,1-5H3;12H,6-10H2,1-5H3. The van der Waals surface area contributed by atoms with Gasteiger partial charge in [-0.15, -0.1) is 0 Å². The van der Waals surface area contributed by atoms with Gasteiger partial charge in [-0.25, -0.2) is 4.79 Å². The smallest absolute Gasteiger partial charge is 0.438 e. The Balaban J connectivity index is 0. The number of carbonyl (C=O) groups excluding carboxylic acids is 2. The van der Waals surface area contributed by atoms with E-state index in [2.05, 4.69) is 4.74 Å². The van der Waals surface area contributed by atoms with Gasteiger partial charge in [-0.2, -0.15) is 0 Å². The van der Waals surface area contributed by atoms with E-state index < -0.39 is 59.1 Å². The lowest BCUT2D eigenvalue weighted by Crippen LogP contribution is -2.25. The van der Waals surface area contributed by atoms with Crippen LogP contribution in [0.4, 0.5) is 4.79 Å². The molecule has 0 heterocycles. The molecule has 2 atom stereocenters. The summed E-state index contributed by atoms with van der Waals surface area (Å²) in [4.78, 5) is 22.5. The third-order valence-electron chi connectivity index (χ3n) is 3.61. The van der Waals surface area contributed by atoms with Gasteiger partial charge in [-0.1, -0.05) is 0 Å². The fraction of sp³-hybridized carbons (Fsp3) is 0.917. The molecule has 21 heteroatoms. The van der Waals surface area contributed by atoms with Crippen LogP contribution in [0.3, 0.4) is 0 Å². The molecule has 0 rings (SSSR count). The summed E-state index contributed by atoms with van der Waals surface area (Å²) < 4.78 is 78.8. The van der Waals surface area contributed by atoms with E-state index in [1.165, 1.54) is 14.0 Å². The lowest BCUT2D eigenvalue weighted by molar-refractivity contribution is -0.166. The number of hydrogen-bond acceptors (Lipinski definition) is 17. The molecule has 2 unspecified atom stereocenters. The first kappa shape index (κ1) is 47.1. The van der Waals surface area contributed by atoms with Gasteiger partial charge in [0, 0.05) is 6.92 Å². The van der Waals surface area contributed by atoms with Crippen molar-refractivity contribution in [1.82, 2.24) is 0 Å². The van der Waals surface area contributed by atoms with Gasteiger partial charge in [0.2, 0.25) is 12.6 Å². The molecule has 0 aliphatic heterocycles. The van der Waals surface area contributed by atoms with E-state index in [1.807, 2.05) is 41.5 Å². The molecule has 0 aromatic carbocycles. The molecule has 45 heavy (non-hydrogen) atoms. The van der Waals surface area contributed by atoms with E-state index in [-0.39, 0.29) is 13.2 Å². The Morgan fingerprint density at radius 3 is 1.02 bits per heavy atom. The Morgan fingerprint density at radius 1 is 0.467 bits per heavy atom. The summed E-state index contributed by atoms with van der Waals surface area (Å²) in [6.45, 7) is 19.1. The lowest BCUT2D eigenvalue weighted by Gasteiger charge is -2.23. The number of esters is 1. The first-order chi connectivity index (χ1) is 21.7. The molecule has 0 fully saturated rings.